The van der Waals surface area contributed by atoms with Crippen LogP contribution in [-0.4, -0.2) is 17.7 Å². The van der Waals surface area contributed by atoms with E-state index in [1.807, 2.05) is 74.5 Å². The van der Waals surface area contributed by atoms with Gasteiger partial charge in [-0.1, -0.05) is 66.2 Å². The first kappa shape index (κ1) is 27.6. The molecule has 1 saturated heterocycles. The molecule has 202 valence electrons. The van der Waals surface area contributed by atoms with E-state index in [0.29, 0.717) is 46.2 Å². The molecule has 0 aromatic heterocycles. The zero-order valence-corrected chi connectivity index (χ0v) is 23.9. The highest BCUT2D eigenvalue weighted by atomic mass is 35.5. The average molecular weight is 569 g/mol. The fourth-order valence-corrected chi connectivity index (χ4v) is 5.53. The number of halogens is 1. The van der Waals surface area contributed by atoms with Crippen molar-refractivity contribution in [3.63, 3.8) is 0 Å². The van der Waals surface area contributed by atoms with E-state index in [4.69, 9.17) is 21.1 Å². The van der Waals surface area contributed by atoms with E-state index in [2.05, 4.69) is 41.2 Å². The lowest BCUT2D eigenvalue weighted by Gasteiger charge is -2.17. The lowest BCUT2D eigenvalue weighted by molar-refractivity contribution is -0.115. The fraction of sp³-hybridized carbons (Fsp3) is 0.152. The van der Waals surface area contributed by atoms with Gasteiger partial charge in [-0.05, 0) is 89.8 Å². The Hall–Kier alpha value is -4.00. The number of rotatable bonds is 9. The van der Waals surface area contributed by atoms with Crippen molar-refractivity contribution in [1.29, 1.82) is 0 Å². The quantitative estimate of drug-likeness (QED) is 0.163. The van der Waals surface area contributed by atoms with Gasteiger partial charge in [0.05, 0.1) is 17.2 Å². The summed E-state index contributed by atoms with van der Waals surface area (Å²) in [6.07, 6.45) is 4.26. The lowest BCUT2D eigenvalue weighted by atomic mass is 10.0. The number of nitrogens with zero attached hydrogens (tertiary/aromatic N) is 1. The van der Waals surface area contributed by atoms with Crippen LogP contribution >= 0.6 is 23.4 Å². The summed E-state index contributed by atoms with van der Waals surface area (Å²) >= 11 is 7.53. The molecular weight excluding hydrogens is 540 g/mol. The molecule has 0 radical (unpaired) electrons. The summed E-state index contributed by atoms with van der Waals surface area (Å²) in [5.41, 5.74) is 4.43. The van der Waals surface area contributed by atoms with Gasteiger partial charge in [0.15, 0.2) is 16.7 Å². The summed E-state index contributed by atoms with van der Waals surface area (Å²) in [6, 6.07) is 23.9. The Balaban J connectivity index is 1.45. The molecule has 5 rings (SSSR count). The van der Waals surface area contributed by atoms with Crippen LogP contribution in [0.15, 0.2) is 95.3 Å². The molecule has 0 aliphatic carbocycles. The van der Waals surface area contributed by atoms with Gasteiger partial charge in [-0.15, -0.1) is 6.58 Å². The first-order chi connectivity index (χ1) is 19.5. The normalized spacial score (nSPS) is 15.0. The van der Waals surface area contributed by atoms with Crippen LogP contribution in [0.2, 0.25) is 5.02 Å². The van der Waals surface area contributed by atoms with Crippen molar-refractivity contribution in [2.75, 3.05) is 6.61 Å². The number of fused-ring (bicyclic) bond motifs is 1. The fourth-order valence-electron chi connectivity index (χ4n) is 4.53. The largest absolute Gasteiger partial charge is 0.490 e. The highest BCUT2D eigenvalue weighted by molar-refractivity contribution is 8.18. The zero-order chi connectivity index (χ0) is 28.1. The van der Waals surface area contributed by atoms with E-state index in [0.717, 1.165) is 33.3 Å². The van der Waals surface area contributed by atoms with Crippen molar-refractivity contribution >= 4 is 57.0 Å². The SMILES string of the molecule is C=CCc1cc(/C=C2/SC(=Nc3cccc(Cl)c3C)NC2=O)cc(OCC)c1OCc1cccc2ccccc12. The minimum absolute atomic E-state index is 0.206. The molecule has 40 heavy (non-hydrogen) atoms. The van der Waals surface area contributed by atoms with Crippen LogP contribution < -0.4 is 14.8 Å². The number of amidine groups is 1. The minimum atomic E-state index is -0.206. The number of allylic oxidation sites excluding steroid dienone is 1. The molecular formula is C33H29ClN2O3S. The third-order valence-corrected chi connectivity index (χ3v) is 7.80. The molecule has 1 heterocycles. The number of benzene rings is 4. The molecule has 1 aliphatic rings. The molecule has 1 aliphatic heterocycles. The molecule has 7 heteroatoms. The van der Waals surface area contributed by atoms with Crippen LogP contribution in [0.1, 0.15) is 29.2 Å². The minimum Gasteiger partial charge on any atom is -0.490 e. The highest BCUT2D eigenvalue weighted by Gasteiger charge is 2.25. The van der Waals surface area contributed by atoms with Gasteiger partial charge in [0.25, 0.3) is 5.91 Å². The smallest absolute Gasteiger partial charge is 0.264 e. The van der Waals surface area contributed by atoms with Gasteiger partial charge in [0.1, 0.15) is 6.61 Å². The zero-order valence-electron chi connectivity index (χ0n) is 22.4. The van der Waals surface area contributed by atoms with Gasteiger partial charge in [-0.2, -0.15) is 0 Å². The summed E-state index contributed by atoms with van der Waals surface area (Å²) in [5.74, 6) is 1.10. The Morgan fingerprint density at radius 2 is 1.82 bits per heavy atom. The maximum atomic E-state index is 12.8. The Bertz CT molecular complexity index is 1660. The van der Waals surface area contributed by atoms with Gasteiger partial charge in [0.2, 0.25) is 0 Å². The Labute approximate surface area is 243 Å². The van der Waals surface area contributed by atoms with Gasteiger partial charge in [-0.3, -0.25) is 4.79 Å². The van der Waals surface area contributed by atoms with E-state index in [9.17, 15) is 4.79 Å². The van der Waals surface area contributed by atoms with Crippen LogP contribution in [0.3, 0.4) is 0 Å². The van der Waals surface area contributed by atoms with Crippen molar-refractivity contribution in [3.8, 4) is 11.5 Å². The van der Waals surface area contributed by atoms with E-state index in [1.165, 1.54) is 17.1 Å². The molecule has 0 saturated carbocycles. The number of nitrogens with one attached hydrogen (secondary N) is 1. The van der Waals surface area contributed by atoms with Crippen molar-refractivity contribution in [1.82, 2.24) is 5.32 Å². The lowest BCUT2D eigenvalue weighted by Crippen LogP contribution is -2.19. The monoisotopic (exact) mass is 568 g/mol. The number of hydrogen-bond donors (Lipinski definition) is 1. The predicted molar refractivity (Wildman–Crippen MR) is 167 cm³/mol. The summed E-state index contributed by atoms with van der Waals surface area (Å²) in [5, 5.41) is 6.32. The first-order valence-electron chi connectivity index (χ1n) is 13.0. The van der Waals surface area contributed by atoms with Crippen LogP contribution in [0, 0.1) is 6.92 Å². The van der Waals surface area contributed by atoms with E-state index in [1.54, 1.807) is 0 Å². The first-order valence-corrected chi connectivity index (χ1v) is 14.2. The van der Waals surface area contributed by atoms with Crippen molar-refractivity contribution in [3.05, 3.63) is 118 Å². The second-order valence-corrected chi connectivity index (χ2v) is 10.7. The predicted octanol–water partition coefficient (Wildman–Crippen LogP) is 8.40. The molecule has 4 aromatic rings. The number of carbonyl (C=O) groups excluding carboxylic acids is 1. The Morgan fingerprint density at radius 3 is 2.65 bits per heavy atom. The van der Waals surface area contributed by atoms with Crippen LogP contribution in [0.25, 0.3) is 16.8 Å². The van der Waals surface area contributed by atoms with E-state index >= 15 is 0 Å². The number of carbonyl (C=O) groups is 1. The molecule has 5 nitrogen and oxygen atoms in total. The standard InChI is InChI=1S/C33H29ClN2O3S/c1-4-10-24-17-22(19-30-32(37)36-33(40-30)35-28-16-9-15-27(34)21(28)3)18-29(38-5-2)31(24)39-20-25-13-8-12-23-11-6-7-14-26(23)25/h4,6-9,11-19H,1,5,10,20H2,2-3H3,(H,35,36,37)/b30-19+. The van der Waals surface area contributed by atoms with Gasteiger partial charge >= 0.3 is 0 Å². The van der Waals surface area contributed by atoms with Crippen molar-refractivity contribution in [2.24, 2.45) is 4.99 Å². The average Bonchev–Trinajstić information content (AvgIpc) is 3.29. The Kier molecular flexibility index (Phi) is 8.58. The number of thioether (sulfide) groups is 1. The molecule has 4 aromatic carbocycles. The molecule has 0 bridgehead atoms. The van der Waals surface area contributed by atoms with Crippen LogP contribution in [0.4, 0.5) is 5.69 Å². The number of hydrogen-bond acceptors (Lipinski definition) is 5. The van der Waals surface area contributed by atoms with Gasteiger partial charge in [-0.25, -0.2) is 4.99 Å². The topological polar surface area (TPSA) is 59.9 Å². The highest BCUT2D eigenvalue weighted by Crippen LogP contribution is 2.37. The molecule has 1 N–H and O–H groups in total. The summed E-state index contributed by atoms with van der Waals surface area (Å²) < 4.78 is 12.4. The Morgan fingerprint density at radius 1 is 1.02 bits per heavy atom. The molecule has 0 unspecified atom stereocenters. The van der Waals surface area contributed by atoms with E-state index in [-0.39, 0.29) is 5.91 Å². The van der Waals surface area contributed by atoms with E-state index < -0.39 is 0 Å². The second-order valence-electron chi connectivity index (χ2n) is 9.23. The molecule has 0 spiro atoms. The molecule has 1 fully saturated rings. The second kappa shape index (κ2) is 12.5. The third-order valence-electron chi connectivity index (χ3n) is 6.48. The van der Waals surface area contributed by atoms with Crippen LogP contribution in [-0.2, 0) is 17.8 Å². The number of amides is 1. The summed E-state index contributed by atoms with van der Waals surface area (Å²) in [4.78, 5) is 18.0. The number of ether oxygens (including phenoxy) is 2. The maximum absolute atomic E-state index is 12.8. The number of aliphatic imine (C=N–C) groups is 1. The summed E-state index contributed by atoms with van der Waals surface area (Å²) in [6.45, 7) is 8.65. The molecule has 0 atom stereocenters. The third kappa shape index (κ3) is 6.09. The van der Waals surface area contributed by atoms with Gasteiger partial charge in [0, 0.05) is 10.6 Å². The molecule has 1 amide bonds. The van der Waals surface area contributed by atoms with Crippen molar-refractivity contribution in [2.45, 2.75) is 26.9 Å². The van der Waals surface area contributed by atoms with Crippen molar-refractivity contribution < 1.29 is 14.3 Å². The van der Waals surface area contributed by atoms with Crippen LogP contribution in [0.5, 0.6) is 11.5 Å². The summed E-state index contributed by atoms with van der Waals surface area (Å²) in [7, 11) is 0. The maximum Gasteiger partial charge on any atom is 0.264 e. The van der Waals surface area contributed by atoms with Gasteiger partial charge < -0.3 is 14.8 Å².